The van der Waals surface area contributed by atoms with Gasteiger partial charge >= 0.3 is 0 Å². The van der Waals surface area contributed by atoms with Crippen molar-refractivity contribution in [2.24, 2.45) is 17.3 Å². The van der Waals surface area contributed by atoms with Crippen LogP contribution in [-0.4, -0.2) is 60.8 Å². The highest BCUT2D eigenvalue weighted by atomic mass is 35.5. The monoisotopic (exact) mass is 385 g/mol. The lowest BCUT2D eigenvalue weighted by atomic mass is 9.49. The van der Waals surface area contributed by atoms with E-state index in [4.69, 9.17) is 28.6 Å². The van der Waals surface area contributed by atoms with Gasteiger partial charge in [-0.3, -0.25) is 4.90 Å². The van der Waals surface area contributed by atoms with Crippen LogP contribution in [0.5, 0.6) is 0 Å². The first kappa shape index (κ1) is 18.3. The van der Waals surface area contributed by atoms with Crippen LogP contribution < -0.4 is 10.6 Å². The molecule has 0 aromatic rings. The van der Waals surface area contributed by atoms with Gasteiger partial charge in [-0.25, -0.2) is 0 Å². The molecule has 0 aromatic carbocycles. The fraction of sp³-hybridized carbons (Fsp3) is 0.947. The molecule has 0 spiro atoms. The minimum atomic E-state index is 0.0962. The van der Waals surface area contributed by atoms with Crippen LogP contribution in [0.4, 0.5) is 0 Å². The summed E-state index contributed by atoms with van der Waals surface area (Å²) in [6.07, 6.45) is 8.92. The summed E-state index contributed by atoms with van der Waals surface area (Å²) in [5.41, 5.74) is 0.394. The normalized spacial score (nSPS) is 40.2. The lowest BCUT2D eigenvalue weighted by Gasteiger charge is -2.60. The van der Waals surface area contributed by atoms with Gasteiger partial charge in [-0.1, -0.05) is 0 Å². The summed E-state index contributed by atoms with van der Waals surface area (Å²) in [6.45, 7) is 6.95. The number of nitrogens with one attached hydrogen (secondary N) is 2. The van der Waals surface area contributed by atoms with Gasteiger partial charge in [0, 0.05) is 31.1 Å². The molecule has 0 aromatic heterocycles. The Labute approximate surface area is 162 Å². The van der Waals surface area contributed by atoms with Crippen LogP contribution in [0.25, 0.3) is 0 Å². The van der Waals surface area contributed by atoms with E-state index in [1.807, 2.05) is 0 Å². The third kappa shape index (κ3) is 4.42. The first-order chi connectivity index (χ1) is 12.0. The van der Waals surface area contributed by atoms with Gasteiger partial charge in [-0.15, -0.1) is 11.6 Å². The second-order valence-corrected chi connectivity index (χ2v) is 10.2. The number of halogens is 1. The zero-order valence-corrected chi connectivity index (χ0v) is 16.8. The average Bonchev–Trinajstić information content (AvgIpc) is 2.56. The minimum Gasteiger partial charge on any atom is -0.379 e. The highest BCUT2D eigenvalue weighted by Crippen LogP contribution is 2.63. The van der Waals surface area contributed by atoms with Gasteiger partial charge in [0.25, 0.3) is 0 Å². The SMILES string of the molecule is S=C(NCCCN1CCOCC1)NCC12C[C@@H]3C[C@@H](CC(Cl)(C3)C1)C2. The third-order valence-electron chi connectivity index (χ3n) is 6.78. The number of alkyl halides is 1. The van der Waals surface area contributed by atoms with E-state index in [1.165, 1.54) is 38.5 Å². The Hall–Kier alpha value is -0.100. The Balaban J connectivity index is 1.16. The quantitative estimate of drug-likeness (QED) is 0.417. The van der Waals surface area contributed by atoms with Crippen LogP contribution in [0.15, 0.2) is 0 Å². The molecule has 142 valence electrons. The largest absolute Gasteiger partial charge is 0.379 e. The van der Waals surface area contributed by atoms with Crippen molar-refractivity contribution in [1.82, 2.24) is 15.5 Å². The van der Waals surface area contributed by atoms with Gasteiger partial charge in [0.1, 0.15) is 0 Å². The molecule has 25 heavy (non-hydrogen) atoms. The molecule has 0 radical (unpaired) electrons. The van der Waals surface area contributed by atoms with Crippen molar-refractivity contribution >= 4 is 28.9 Å². The number of hydrogen-bond acceptors (Lipinski definition) is 3. The zero-order valence-electron chi connectivity index (χ0n) is 15.2. The van der Waals surface area contributed by atoms with Crippen LogP contribution in [-0.2, 0) is 4.74 Å². The first-order valence-electron chi connectivity index (χ1n) is 10.1. The lowest BCUT2D eigenvalue weighted by molar-refractivity contribution is -0.0365. The van der Waals surface area contributed by atoms with E-state index in [2.05, 4.69) is 15.5 Å². The van der Waals surface area contributed by atoms with Crippen LogP contribution in [0.3, 0.4) is 0 Å². The van der Waals surface area contributed by atoms with E-state index < -0.39 is 0 Å². The average molecular weight is 386 g/mol. The molecular formula is C19H32ClN3OS. The summed E-state index contributed by atoms with van der Waals surface area (Å²) in [5.74, 6) is 1.71. The topological polar surface area (TPSA) is 36.5 Å². The molecule has 4 aliphatic carbocycles. The second-order valence-electron chi connectivity index (χ2n) is 9.03. The first-order valence-corrected chi connectivity index (χ1v) is 10.8. The summed E-state index contributed by atoms with van der Waals surface area (Å²) in [4.78, 5) is 2.57. The number of hydrogen-bond donors (Lipinski definition) is 2. The van der Waals surface area contributed by atoms with E-state index in [1.54, 1.807) is 0 Å². The van der Waals surface area contributed by atoms with Crippen molar-refractivity contribution in [2.75, 3.05) is 45.9 Å². The molecule has 4 nitrogen and oxygen atoms in total. The van der Waals surface area contributed by atoms with E-state index in [0.29, 0.717) is 5.41 Å². The Kier molecular flexibility index (Phi) is 5.48. The number of morpholine rings is 1. The predicted octanol–water partition coefficient (Wildman–Crippen LogP) is 2.75. The van der Waals surface area contributed by atoms with Crippen molar-refractivity contribution in [3.8, 4) is 0 Å². The van der Waals surface area contributed by atoms with Crippen LogP contribution >= 0.6 is 23.8 Å². The third-order valence-corrected chi connectivity index (χ3v) is 7.51. The molecule has 0 amide bonds. The fourth-order valence-electron chi connectivity index (χ4n) is 6.20. The minimum absolute atomic E-state index is 0.0962. The summed E-state index contributed by atoms with van der Waals surface area (Å²) in [7, 11) is 0. The van der Waals surface area contributed by atoms with Gasteiger partial charge in [0.15, 0.2) is 5.11 Å². The smallest absolute Gasteiger partial charge is 0.166 e. The summed E-state index contributed by atoms with van der Waals surface area (Å²) in [5, 5.41) is 7.74. The fourth-order valence-corrected chi connectivity index (χ4v) is 7.10. The zero-order chi connectivity index (χ0) is 17.3. The van der Waals surface area contributed by atoms with E-state index in [0.717, 1.165) is 69.3 Å². The Bertz CT molecular complexity index is 483. The molecule has 5 rings (SSSR count). The summed E-state index contributed by atoms with van der Waals surface area (Å²) < 4.78 is 5.39. The molecular weight excluding hydrogens is 354 g/mol. The van der Waals surface area contributed by atoms with Crippen molar-refractivity contribution in [3.05, 3.63) is 0 Å². The molecule has 4 bridgehead atoms. The molecule has 1 aliphatic heterocycles. The van der Waals surface area contributed by atoms with Crippen molar-refractivity contribution < 1.29 is 4.74 Å². The van der Waals surface area contributed by atoms with Gasteiger partial charge < -0.3 is 15.4 Å². The van der Waals surface area contributed by atoms with Crippen molar-refractivity contribution in [1.29, 1.82) is 0 Å². The molecule has 2 unspecified atom stereocenters. The van der Waals surface area contributed by atoms with Crippen molar-refractivity contribution in [2.45, 2.75) is 49.8 Å². The Morgan fingerprint density at radius 3 is 2.52 bits per heavy atom. The maximum atomic E-state index is 6.92. The van der Waals surface area contributed by atoms with E-state index in [9.17, 15) is 0 Å². The molecule has 4 saturated carbocycles. The Morgan fingerprint density at radius 1 is 1.12 bits per heavy atom. The predicted molar refractivity (Wildman–Crippen MR) is 106 cm³/mol. The number of nitrogens with zero attached hydrogens (tertiary/aromatic N) is 1. The summed E-state index contributed by atoms with van der Waals surface area (Å²) >= 11 is 12.4. The lowest BCUT2D eigenvalue weighted by Crippen LogP contribution is -2.57. The Morgan fingerprint density at radius 2 is 1.84 bits per heavy atom. The maximum absolute atomic E-state index is 6.92. The number of ether oxygens (including phenoxy) is 1. The summed E-state index contributed by atoms with van der Waals surface area (Å²) in [6, 6.07) is 0. The number of rotatable bonds is 6. The van der Waals surface area contributed by atoms with Crippen LogP contribution in [0, 0.1) is 17.3 Å². The van der Waals surface area contributed by atoms with Crippen LogP contribution in [0.2, 0.25) is 0 Å². The standard InChI is InChI=1S/C19H32ClN3OS/c20-19-11-15-8-16(12-19)10-18(9-15,13-19)14-22-17(25)21-2-1-3-23-4-6-24-7-5-23/h15-16H,1-14H2,(H2,21,22,25)/t15-,16+,18?,19?. The molecule has 1 saturated heterocycles. The molecule has 5 aliphatic rings. The van der Waals surface area contributed by atoms with Crippen LogP contribution in [0.1, 0.15) is 44.9 Å². The highest BCUT2D eigenvalue weighted by Gasteiger charge is 2.56. The molecule has 5 fully saturated rings. The molecule has 6 heteroatoms. The molecule has 4 atom stereocenters. The second kappa shape index (κ2) is 7.49. The van der Waals surface area contributed by atoms with E-state index in [-0.39, 0.29) is 4.87 Å². The van der Waals surface area contributed by atoms with Crippen molar-refractivity contribution in [3.63, 3.8) is 0 Å². The maximum Gasteiger partial charge on any atom is 0.166 e. The van der Waals surface area contributed by atoms with Gasteiger partial charge in [0.2, 0.25) is 0 Å². The highest BCUT2D eigenvalue weighted by molar-refractivity contribution is 7.80. The molecule has 2 N–H and O–H groups in total. The van der Waals surface area contributed by atoms with E-state index >= 15 is 0 Å². The van der Waals surface area contributed by atoms with Gasteiger partial charge in [-0.05, 0) is 81.0 Å². The number of thiocarbonyl (C=S) groups is 1. The molecule has 1 heterocycles. The van der Waals surface area contributed by atoms with Gasteiger partial charge in [0.05, 0.1) is 13.2 Å². The van der Waals surface area contributed by atoms with Gasteiger partial charge in [-0.2, -0.15) is 0 Å².